The summed E-state index contributed by atoms with van der Waals surface area (Å²) < 4.78 is 11.7. The Labute approximate surface area is 171 Å². The van der Waals surface area contributed by atoms with E-state index in [0.717, 1.165) is 48.5 Å². The zero-order valence-electron chi connectivity index (χ0n) is 17.1. The van der Waals surface area contributed by atoms with Crippen LogP contribution in [0.3, 0.4) is 0 Å². The molecule has 0 spiro atoms. The molecule has 0 unspecified atom stereocenters. The summed E-state index contributed by atoms with van der Waals surface area (Å²) in [6, 6.07) is 4.04. The molecule has 158 valence electrons. The number of benzene rings is 1. The Bertz CT molecular complexity index is 765. The van der Waals surface area contributed by atoms with Crippen LogP contribution in [0.5, 0.6) is 11.5 Å². The predicted octanol–water partition coefficient (Wildman–Crippen LogP) is 2.67. The smallest absolute Gasteiger partial charge is 0.263 e. The zero-order chi connectivity index (χ0) is 20.2. The molecule has 3 aliphatic rings. The van der Waals surface area contributed by atoms with E-state index in [4.69, 9.17) is 14.3 Å². The second-order valence-corrected chi connectivity index (χ2v) is 8.11. The summed E-state index contributed by atoms with van der Waals surface area (Å²) in [4.78, 5) is 19.4. The van der Waals surface area contributed by atoms with Crippen molar-refractivity contribution in [2.75, 3.05) is 26.8 Å². The van der Waals surface area contributed by atoms with Gasteiger partial charge in [0.15, 0.2) is 18.1 Å². The highest BCUT2D eigenvalue weighted by Gasteiger charge is 2.25. The summed E-state index contributed by atoms with van der Waals surface area (Å²) in [6.45, 7) is 1.07. The van der Waals surface area contributed by atoms with E-state index in [2.05, 4.69) is 5.16 Å². The van der Waals surface area contributed by atoms with Crippen molar-refractivity contribution in [1.29, 1.82) is 0 Å². The number of likely N-dealkylation sites (tertiary alicyclic amines) is 1. The molecule has 2 fully saturated rings. The summed E-state index contributed by atoms with van der Waals surface area (Å²) in [5.74, 6) is 1.44. The monoisotopic (exact) mass is 402 g/mol. The lowest BCUT2D eigenvalue weighted by Crippen LogP contribution is -2.41. The minimum Gasteiger partial charge on any atom is -0.493 e. The van der Waals surface area contributed by atoms with Gasteiger partial charge in [-0.15, -0.1) is 0 Å². The Morgan fingerprint density at radius 3 is 2.62 bits per heavy atom. The first-order valence-electron chi connectivity index (χ1n) is 10.7. The van der Waals surface area contributed by atoms with Crippen molar-refractivity contribution in [3.8, 4) is 11.5 Å². The molecule has 1 heterocycles. The molecule has 1 aliphatic heterocycles. The number of ether oxygens (including phenoxy) is 2. The fourth-order valence-electron chi connectivity index (χ4n) is 4.37. The third kappa shape index (κ3) is 4.66. The van der Waals surface area contributed by atoms with Crippen LogP contribution in [-0.2, 0) is 16.1 Å². The van der Waals surface area contributed by atoms with Crippen LogP contribution in [0.2, 0.25) is 0 Å². The Hall–Kier alpha value is -2.28. The highest BCUT2D eigenvalue weighted by Crippen LogP contribution is 2.37. The van der Waals surface area contributed by atoms with Gasteiger partial charge in [0.1, 0.15) is 0 Å². The summed E-state index contributed by atoms with van der Waals surface area (Å²) in [6.07, 6.45) is 7.43. The summed E-state index contributed by atoms with van der Waals surface area (Å²) >= 11 is 0. The first kappa shape index (κ1) is 20.0. The van der Waals surface area contributed by atoms with Crippen molar-refractivity contribution in [2.45, 2.75) is 63.6 Å². The van der Waals surface area contributed by atoms with E-state index in [-0.39, 0.29) is 24.7 Å². The standard InChI is InChI=1S/C22H30N2O5/c1-27-20-12-15-6-7-19(18(15)13-21(20)29-17-4-2-3-5-17)23-28-14-22(26)24-10-8-16(25)9-11-24/h12-13,16-17,25H,2-11,14H2,1H3/b23-19+. The number of hydrogen-bond acceptors (Lipinski definition) is 6. The number of nitrogens with zero attached hydrogens (tertiary/aromatic N) is 2. The van der Waals surface area contributed by atoms with Gasteiger partial charge in [-0.2, -0.15) is 0 Å². The lowest BCUT2D eigenvalue weighted by Gasteiger charge is -2.29. The molecule has 1 amide bonds. The number of fused-ring (bicyclic) bond motifs is 1. The minimum atomic E-state index is -0.298. The number of methoxy groups -OCH3 is 1. The molecule has 0 bridgehead atoms. The maximum Gasteiger partial charge on any atom is 0.263 e. The second kappa shape index (κ2) is 9.03. The fourth-order valence-corrected chi connectivity index (χ4v) is 4.37. The van der Waals surface area contributed by atoms with Crippen LogP contribution in [0.15, 0.2) is 17.3 Å². The maximum atomic E-state index is 12.3. The van der Waals surface area contributed by atoms with Crippen LogP contribution < -0.4 is 9.47 Å². The average Bonchev–Trinajstić information content (AvgIpc) is 3.38. The molecule has 1 saturated heterocycles. The van der Waals surface area contributed by atoms with E-state index in [1.54, 1.807) is 12.0 Å². The van der Waals surface area contributed by atoms with E-state index in [1.807, 2.05) is 12.1 Å². The number of aliphatic hydroxyl groups is 1. The van der Waals surface area contributed by atoms with Crippen LogP contribution in [0.25, 0.3) is 0 Å². The molecule has 4 rings (SSSR count). The van der Waals surface area contributed by atoms with Crippen LogP contribution in [-0.4, -0.2) is 60.6 Å². The normalized spacial score (nSPS) is 21.4. The second-order valence-electron chi connectivity index (χ2n) is 8.11. The van der Waals surface area contributed by atoms with Gasteiger partial charge in [0.2, 0.25) is 0 Å². The van der Waals surface area contributed by atoms with Gasteiger partial charge in [-0.25, -0.2) is 0 Å². The molecule has 7 nitrogen and oxygen atoms in total. The number of aliphatic hydroxyl groups excluding tert-OH is 1. The van der Waals surface area contributed by atoms with Crippen LogP contribution in [0.1, 0.15) is 56.1 Å². The number of aryl methyl sites for hydroxylation is 1. The molecular weight excluding hydrogens is 372 g/mol. The van der Waals surface area contributed by atoms with Gasteiger partial charge >= 0.3 is 0 Å². The molecule has 0 atom stereocenters. The zero-order valence-corrected chi connectivity index (χ0v) is 17.1. The topological polar surface area (TPSA) is 80.6 Å². The van der Waals surface area contributed by atoms with E-state index in [0.29, 0.717) is 25.9 Å². The predicted molar refractivity (Wildman–Crippen MR) is 109 cm³/mol. The van der Waals surface area contributed by atoms with E-state index in [9.17, 15) is 9.90 Å². The molecule has 0 radical (unpaired) electrons. The molecule has 0 aromatic heterocycles. The average molecular weight is 402 g/mol. The van der Waals surface area contributed by atoms with Crippen molar-refractivity contribution in [3.05, 3.63) is 23.3 Å². The number of rotatable bonds is 6. The Kier molecular flexibility index (Phi) is 6.23. The molecule has 1 saturated carbocycles. The Morgan fingerprint density at radius 1 is 1.14 bits per heavy atom. The molecule has 1 aromatic carbocycles. The van der Waals surface area contributed by atoms with Gasteiger partial charge in [0, 0.05) is 18.7 Å². The molecular formula is C22H30N2O5. The van der Waals surface area contributed by atoms with E-state index in [1.165, 1.54) is 18.4 Å². The Balaban J connectivity index is 1.40. The molecule has 2 aliphatic carbocycles. The van der Waals surface area contributed by atoms with Gasteiger partial charge in [0.25, 0.3) is 5.91 Å². The van der Waals surface area contributed by atoms with Crippen LogP contribution in [0.4, 0.5) is 0 Å². The number of hydrogen-bond donors (Lipinski definition) is 1. The van der Waals surface area contributed by atoms with E-state index < -0.39 is 0 Å². The lowest BCUT2D eigenvalue weighted by atomic mass is 10.1. The minimum absolute atomic E-state index is 0.0729. The van der Waals surface area contributed by atoms with Gasteiger partial charge in [-0.3, -0.25) is 4.79 Å². The highest BCUT2D eigenvalue weighted by atomic mass is 16.6. The van der Waals surface area contributed by atoms with Crippen molar-refractivity contribution < 1.29 is 24.2 Å². The highest BCUT2D eigenvalue weighted by molar-refractivity contribution is 6.04. The van der Waals surface area contributed by atoms with E-state index >= 15 is 0 Å². The van der Waals surface area contributed by atoms with Crippen LogP contribution >= 0.6 is 0 Å². The first-order chi connectivity index (χ1) is 14.1. The number of carbonyl (C=O) groups excluding carboxylic acids is 1. The summed E-state index contributed by atoms with van der Waals surface area (Å²) in [7, 11) is 1.67. The quantitative estimate of drug-likeness (QED) is 0.740. The molecule has 29 heavy (non-hydrogen) atoms. The lowest BCUT2D eigenvalue weighted by molar-refractivity contribution is -0.138. The van der Waals surface area contributed by atoms with Crippen molar-refractivity contribution in [1.82, 2.24) is 4.90 Å². The largest absolute Gasteiger partial charge is 0.493 e. The molecule has 1 N–H and O–H groups in total. The summed E-state index contributed by atoms with van der Waals surface area (Å²) in [5.41, 5.74) is 3.03. The first-order valence-corrected chi connectivity index (χ1v) is 10.7. The van der Waals surface area contributed by atoms with Crippen molar-refractivity contribution in [3.63, 3.8) is 0 Å². The third-order valence-corrected chi connectivity index (χ3v) is 6.11. The SMILES string of the molecule is COc1cc2c(cc1OC1CCCC1)/C(=N/OCC(=O)N1CCC(O)CC1)CC2. The van der Waals surface area contributed by atoms with Gasteiger partial charge in [-0.1, -0.05) is 5.16 Å². The van der Waals surface area contributed by atoms with Crippen molar-refractivity contribution >= 4 is 11.6 Å². The fraction of sp³-hybridized carbons (Fsp3) is 0.636. The molecule has 7 heteroatoms. The van der Waals surface area contributed by atoms with Gasteiger partial charge in [-0.05, 0) is 69.1 Å². The molecule has 1 aromatic rings. The third-order valence-electron chi connectivity index (χ3n) is 6.11. The number of piperidine rings is 1. The van der Waals surface area contributed by atoms with Crippen LogP contribution in [0, 0.1) is 0 Å². The number of carbonyl (C=O) groups is 1. The number of oxime groups is 1. The van der Waals surface area contributed by atoms with Gasteiger partial charge in [0.05, 0.1) is 25.0 Å². The summed E-state index contributed by atoms with van der Waals surface area (Å²) in [5, 5.41) is 13.8. The Morgan fingerprint density at radius 2 is 1.90 bits per heavy atom. The number of amides is 1. The van der Waals surface area contributed by atoms with Gasteiger partial charge < -0.3 is 24.3 Å². The van der Waals surface area contributed by atoms with Crippen molar-refractivity contribution in [2.24, 2.45) is 5.16 Å². The maximum absolute atomic E-state index is 12.3.